The van der Waals surface area contributed by atoms with Crippen LogP contribution in [0.5, 0.6) is 5.75 Å². The molecule has 0 amide bonds. The van der Waals surface area contributed by atoms with Crippen molar-refractivity contribution in [2.24, 2.45) is 0 Å². The summed E-state index contributed by atoms with van der Waals surface area (Å²) in [6.07, 6.45) is 0. The first-order valence-electron chi connectivity index (χ1n) is 5.27. The Balaban J connectivity index is 2.37. The van der Waals surface area contributed by atoms with Crippen LogP contribution in [0, 0.1) is 6.92 Å². The highest BCUT2D eigenvalue weighted by Crippen LogP contribution is 2.40. The summed E-state index contributed by atoms with van der Waals surface area (Å²) in [7, 11) is 0. The first kappa shape index (κ1) is 10.8. The van der Waals surface area contributed by atoms with Gasteiger partial charge in [0.15, 0.2) is 0 Å². The molecular formula is C12H16ClNO. The van der Waals surface area contributed by atoms with Gasteiger partial charge in [-0.25, -0.2) is 0 Å². The van der Waals surface area contributed by atoms with E-state index in [1.165, 1.54) is 0 Å². The van der Waals surface area contributed by atoms with Gasteiger partial charge >= 0.3 is 0 Å². The van der Waals surface area contributed by atoms with Crippen molar-refractivity contribution in [1.82, 2.24) is 5.32 Å². The molecule has 1 heterocycles. The SMILES string of the molecule is Cc1ccc(Cl)c2c1OCC2NC(C)C. The minimum atomic E-state index is 0.229. The maximum absolute atomic E-state index is 6.20. The Kier molecular flexibility index (Phi) is 2.89. The number of benzene rings is 1. The average Bonchev–Trinajstić information content (AvgIpc) is 2.56. The monoisotopic (exact) mass is 225 g/mol. The normalized spacial score (nSPS) is 19.1. The molecule has 3 heteroatoms. The van der Waals surface area contributed by atoms with Gasteiger partial charge in [-0.2, -0.15) is 0 Å². The molecule has 0 saturated heterocycles. The standard InChI is InChI=1S/C12H16ClNO/c1-7(2)14-10-6-15-12-8(3)4-5-9(13)11(10)12/h4-5,7,10,14H,6H2,1-3H3. The van der Waals surface area contributed by atoms with Crippen molar-refractivity contribution in [3.05, 3.63) is 28.3 Å². The number of hydrogen-bond acceptors (Lipinski definition) is 2. The average molecular weight is 226 g/mol. The second-order valence-corrected chi connectivity index (χ2v) is 4.70. The van der Waals surface area contributed by atoms with E-state index in [1.54, 1.807) is 0 Å². The van der Waals surface area contributed by atoms with Crippen molar-refractivity contribution < 1.29 is 4.74 Å². The fourth-order valence-electron chi connectivity index (χ4n) is 1.98. The number of aryl methyl sites for hydroxylation is 1. The molecule has 0 spiro atoms. The minimum Gasteiger partial charge on any atom is -0.491 e. The van der Waals surface area contributed by atoms with Gasteiger partial charge in [0.25, 0.3) is 0 Å². The van der Waals surface area contributed by atoms with Crippen LogP contribution in [0.1, 0.15) is 31.0 Å². The predicted molar refractivity (Wildman–Crippen MR) is 62.7 cm³/mol. The molecule has 0 aliphatic carbocycles. The molecule has 1 aliphatic heterocycles. The topological polar surface area (TPSA) is 21.3 Å². The van der Waals surface area contributed by atoms with Crippen LogP contribution in [0.15, 0.2) is 12.1 Å². The van der Waals surface area contributed by atoms with Gasteiger partial charge in [0.1, 0.15) is 12.4 Å². The quantitative estimate of drug-likeness (QED) is 0.835. The van der Waals surface area contributed by atoms with E-state index in [2.05, 4.69) is 19.2 Å². The Morgan fingerprint density at radius 1 is 1.47 bits per heavy atom. The Morgan fingerprint density at radius 3 is 2.87 bits per heavy atom. The zero-order chi connectivity index (χ0) is 11.0. The molecule has 15 heavy (non-hydrogen) atoms. The molecule has 1 N–H and O–H groups in total. The number of halogens is 1. The lowest BCUT2D eigenvalue weighted by Crippen LogP contribution is -2.29. The smallest absolute Gasteiger partial charge is 0.128 e. The van der Waals surface area contributed by atoms with Gasteiger partial charge in [0.2, 0.25) is 0 Å². The van der Waals surface area contributed by atoms with Gasteiger partial charge in [-0.1, -0.05) is 31.5 Å². The molecular weight excluding hydrogens is 210 g/mol. The molecule has 1 atom stereocenters. The number of hydrogen-bond donors (Lipinski definition) is 1. The van der Waals surface area contributed by atoms with Gasteiger partial charge in [-0.15, -0.1) is 0 Å². The lowest BCUT2D eigenvalue weighted by atomic mass is 10.0. The summed E-state index contributed by atoms with van der Waals surface area (Å²) in [6.45, 7) is 6.98. The molecule has 1 aromatic carbocycles. The molecule has 2 rings (SSSR count). The zero-order valence-electron chi connectivity index (χ0n) is 9.30. The van der Waals surface area contributed by atoms with Crippen LogP contribution in [-0.4, -0.2) is 12.6 Å². The lowest BCUT2D eigenvalue weighted by molar-refractivity contribution is 0.302. The Labute approximate surface area is 95.6 Å². The Bertz CT molecular complexity index is 376. The molecule has 0 aromatic heterocycles. The maximum atomic E-state index is 6.20. The number of fused-ring (bicyclic) bond motifs is 1. The molecule has 1 unspecified atom stereocenters. The van der Waals surface area contributed by atoms with Crippen molar-refractivity contribution in [3.63, 3.8) is 0 Å². The van der Waals surface area contributed by atoms with Gasteiger partial charge in [0, 0.05) is 16.6 Å². The summed E-state index contributed by atoms with van der Waals surface area (Å²) < 4.78 is 5.68. The molecule has 0 radical (unpaired) electrons. The van der Waals surface area contributed by atoms with E-state index in [-0.39, 0.29) is 6.04 Å². The molecule has 0 saturated carbocycles. The van der Waals surface area contributed by atoms with Crippen LogP contribution >= 0.6 is 11.6 Å². The number of nitrogens with one attached hydrogen (secondary N) is 1. The van der Waals surface area contributed by atoms with Crippen LogP contribution in [0.2, 0.25) is 5.02 Å². The highest BCUT2D eigenvalue weighted by atomic mass is 35.5. The summed E-state index contributed by atoms with van der Waals surface area (Å²) in [4.78, 5) is 0. The van der Waals surface area contributed by atoms with Crippen molar-refractivity contribution in [1.29, 1.82) is 0 Å². The number of rotatable bonds is 2. The molecule has 2 nitrogen and oxygen atoms in total. The van der Waals surface area contributed by atoms with E-state index in [4.69, 9.17) is 16.3 Å². The zero-order valence-corrected chi connectivity index (χ0v) is 10.1. The second-order valence-electron chi connectivity index (χ2n) is 4.29. The Hall–Kier alpha value is -0.730. The summed E-state index contributed by atoms with van der Waals surface area (Å²) >= 11 is 6.20. The second kappa shape index (κ2) is 4.03. The van der Waals surface area contributed by atoms with Crippen molar-refractivity contribution in [3.8, 4) is 5.75 Å². The maximum Gasteiger partial charge on any atom is 0.128 e. The first-order valence-corrected chi connectivity index (χ1v) is 5.65. The highest BCUT2D eigenvalue weighted by Gasteiger charge is 2.28. The molecule has 1 aliphatic rings. The van der Waals surface area contributed by atoms with E-state index < -0.39 is 0 Å². The molecule has 0 fully saturated rings. The first-order chi connectivity index (χ1) is 7.09. The van der Waals surface area contributed by atoms with Gasteiger partial charge < -0.3 is 10.1 Å². The van der Waals surface area contributed by atoms with E-state index in [0.29, 0.717) is 12.6 Å². The van der Waals surface area contributed by atoms with E-state index >= 15 is 0 Å². The van der Waals surface area contributed by atoms with E-state index in [0.717, 1.165) is 21.9 Å². The lowest BCUT2D eigenvalue weighted by Gasteiger charge is -2.15. The van der Waals surface area contributed by atoms with E-state index in [1.807, 2.05) is 19.1 Å². The third-order valence-corrected chi connectivity index (χ3v) is 2.95. The fraction of sp³-hybridized carbons (Fsp3) is 0.500. The van der Waals surface area contributed by atoms with Gasteiger partial charge in [-0.3, -0.25) is 0 Å². The summed E-state index contributed by atoms with van der Waals surface area (Å²) in [5.74, 6) is 0.959. The van der Waals surface area contributed by atoms with E-state index in [9.17, 15) is 0 Å². The van der Waals surface area contributed by atoms with Crippen LogP contribution in [0.25, 0.3) is 0 Å². The summed E-state index contributed by atoms with van der Waals surface area (Å²) in [5, 5.41) is 4.25. The third kappa shape index (κ3) is 1.97. The van der Waals surface area contributed by atoms with Crippen LogP contribution in [0.4, 0.5) is 0 Å². The molecule has 82 valence electrons. The van der Waals surface area contributed by atoms with Gasteiger partial charge in [0.05, 0.1) is 6.04 Å². The van der Waals surface area contributed by atoms with Crippen molar-refractivity contribution in [2.45, 2.75) is 32.9 Å². The van der Waals surface area contributed by atoms with Crippen LogP contribution < -0.4 is 10.1 Å². The Morgan fingerprint density at radius 2 is 2.20 bits per heavy atom. The van der Waals surface area contributed by atoms with Gasteiger partial charge in [-0.05, 0) is 18.6 Å². The van der Waals surface area contributed by atoms with Crippen molar-refractivity contribution >= 4 is 11.6 Å². The summed E-state index contributed by atoms with van der Waals surface area (Å²) in [6, 6.07) is 4.60. The summed E-state index contributed by atoms with van der Waals surface area (Å²) in [5.41, 5.74) is 2.27. The fourth-order valence-corrected chi connectivity index (χ4v) is 2.27. The highest BCUT2D eigenvalue weighted by molar-refractivity contribution is 6.31. The van der Waals surface area contributed by atoms with Crippen LogP contribution in [-0.2, 0) is 0 Å². The minimum absolute atomic E-state index is 0.229. The third-order valence-electron chi connectivity index (χ3n) is 2.62. The van der Waals surface area contributed by atoms with Crippen LogP contribution in [0.3, 0.4) is 0 Å². The molecule has 1 aromatic rings. The predicted octanol–water partition coefficient (Wildman–Crippen LogP) is 3.08. The largest absolute Gasteiger partial charge is 0.491 e. The number of ether oxygens (including phenoxy) is 1. The molecule has 0 bridgehead atoms. The van der Waals surface area contributed by atoms with Crippen molar-refractivity contribution in [2.75, 3.05) is 6.61 Å².